The van der Waals surface area contributed by atoms with Gasteiger partial charge in [-0.2, -0.15) is 5.10 Å². The molecule has 0 saturated carbocycles. The Labute approximate surface area is 145 Å². The van der Waals surface area contributed by atoms with E-state index in [0.29, 0.717) is 17.1 Å². The summed E-state index contributed by atoms with van der Waals surface area (Å²) < 4.78 is 12.5. The average Bonchev–Trinajstić information content (AvgIpc) is 3.03. The summed E-state index contributed by atoms with van der Waals surface area (Å²) in [5.41, 5.74) is 9.32. The Hall–Kier alpha value is -3.28. The van der Waals surface area contributed by atoms with Crippen LogP contribution in [0.15, 0.2) is 48.5 Å². The molecule has 6 nitrogen and oxygen atoms in total. The molecular weight excluding hydrogens is 318 g/mol. The van der Waals surface area contributed by atoms with E-state index in [9.17, 15) is 4.79 Å². The molecule has 0 fully saturated rings. The number of hydrogen-bond acceptors (Lipinski definition) is 4. The van der Waals surface area contributed by atoms with E-state index in [2.05, 4.69) is 5.10 Å². The fraction of sp³-hybridized carbons (Fsp3) is 0.158. The van der Waals surface area contributed by atoms with E-state index >= 15 is 0 Å². The van der Waals surface area contributed by atoms with Crippen molar-refractivity contribution in [1.82, 2.24) is 9.78 Å². The van der Waals surface area contributed by atoms with E-state index in [0.717, 1.165) is 22.6 Å². The minimum absolute atomic E-state index is 0.455. The van der Waals surface area contributed by atoms with Crippen molar-refractivity contribution in [2.75, 3.05) is 14.2 Å². The van der Waals surface area contributed by atoms with Gasteiger partial charge in [0, 0.05) is 11.1 Å². The molecule has 3 aromatic rings. The third-order valence-electron chi connectivity index (χ3n) is 3.91. The second-order valence-electron chi connectivity index (χ2n) is 5.56. The molecule has 1 amide bonds. The van der Waals surface area contributed by atoms with Gasteiger partial charge >= 0.3 is 0 Å². The summed E-state index contributed by atoms with van der Waals surface area (Å²) in [7, 11) is 3.21. The normalized spacial score (nSPS) is 10.5. The Morgan fingerprint density at radius 1 is 1.00 bits per heavy atom. The Bertz CT molecular complexity index is 914. The summed E-state index contributed by atoms with van der Waals surface area (Å²) in [5.74, 6) is 0.859. The van der Waals surface area contributed by atoms with Crippen LogP contribution in [-0.4, -0.2) is 29.9 Å². The van der Waals surface area contributed by atoms with E-state index in [1.807, 2.05) is 48.0 Å². The first-order chi connectivity index (χ1) is 12.0. The number of nitrogens with zero attached hydrogens (tertiary/aromatic N) is 2. The monoisotopic (exact) mass is 337 g/mol. The summed E-state index contributed by atoms with van der Waals surface area (Å²) >= 11 is 0. The highest BCUT2D eigenvalue weighted by Gasteiger charge is 2.13. The highest BCUT2D eigenvalue weighted by atomic mass is 16.5. The maximum absolute atomic E-state index is 11.2. The SMILES string of the molecule is COc1ccc(-c2cc(C)nn2-c2ccc(C(N)=O)cc2)cc1OC. The highest BCUT2D eigenvalue weighted by Crippen LogP contribution is 2.33. The van der Waals surface area contributed by atoms with Crippen molar-refractivity contribution in [3.63, 3.8) is 0 Å². The molecule has 1 heterocycles. The molecule has 0 atom stereocenters. The second-order valence-corrected chi connectivity index (χ2v) is 5.56. The van der Waals surface area contributed by atoms with Gasteiger partial charge in [0.05, 0.1) is 31.3 Å². The maximum Gasteiger partial charge on any atom is 0.248 e. The smallest absolute Gasteiger partial charge is 0.248 e. The van der Waals surface area contributed by atoms with Gasteiger partial charge < -0.3 is 15.2 Å². The summed E-state index contributed by atoms with van der Waals surface area (Å²) in [5, 5.41) is 4.56. The van der Waals surface area contributed by atoms with Crippen molar-refractivity contribution < 1.29 is 14.3 Å². The van der Waals surface area contributed by atoms with Crippen LogP contribution in [0.1, 0.15) is 16.1 Å². The number of ether oxygens (including phenoxy) is 2. The van der Waals surface area contributed by atoms with Crippen LogP contribution in [0, 0.1) is 6.92 Å². The second kappa shape index (κ2) is 6.68. The first-order valence-electron chi connectivity index (χ1n) is 7.73. The van der Waals surface area contributed by atoms with Crippen LogP contribution >= 0.6 is 0 Å². The van der Waals surface area contributed by atoms with Gasteiger partial charge in [0.2, 0.25) is 5.91 Å². The number of primary amides is 1. The Morgan fingerprint density at radius 3 is 2.28 bits per heavy atom. The van der Waals surface area contributed by atoms with Gasteiger partial charge in [-0.25, -0.2) is 4.68 Å². The van der Waals surface area contributed by atoms with Crippen LogP contribution in [-0.2, 0) is 0 Å². The van der Waals surface area contributed by atoms with E-state index in [1.54, 1.807) is 26.4 Å². The Morgan fingerprint density at radius 2 is 1.68 bits per heavy atom. The number of nitrogens with two attached hydrogens (primary N) is 1. The van der Waals surface area contributed by atoms with Gasteiger partial charge in [-0.1, -0.05) is 0 Å². The molecule has 128 valence electrons. The first-order valence-corrected chi connectivity index (χ1v) is 7.73. The molecule has 1 aromatic heterocycles. The van der Waals surface area contributed by atoms with E-state index in [4.69, 9.17) is 15.2 Å². The number of carbonyl (C=O) groups excluding carboxylic acids is 1. The number of carbonyl (C=O) groups is 1. The van der Waals surface area contributed by atoms with Crippen LogP contribution in [0.25, 0.3) is 16.9 Å². The minimum atomic E-state index is -0.455. The maximum atomic E-state index is 11.2. The van der Waals surface area contributed by atoms with Gasteiger partial charge in [-0.05, 0) is 55.5 Å². The van der Waals surface area contributed by atoms with Crippen molar-refractivity contribution in [3.8, 4) is 28.4 Å². The molecule has 0 unspecified atom stereocenters. The molecule has 0 saturated heterocycles. The van der Waals surface area contributed by atoms with Gasteiger partial charge in [0.25, 0.3) is 0 Å². The predicted octanol–water partition coefficient (Wildman–Crippen LogP) is 2.96. The minimum Gasteiger partial charge on any atom is -0.493 e. The zero-order chi connectivity index (χ0) is 18.0. The van der Waals surface area contributed by atoms with Crippen LogP contribution in [0.5, 0.6) is 11.5 Å². The number of amides is 1. The quantitative estimate of drug-likeness (QED) is 0.776. The van der Waals surface area contributed by atoms with Gasteiger partial charge in [0.1, 0.15) is 0 Å². The van der Waals surface area contributed by atoms with Gasteiger partial charge in [0.15, 0.2) is 11.5 Å². The third-order valence-corrected chi connectivity index (χ3v) is 3.91. The molecule has 25 heavy (non-hydrogen) atoms. The van der Waals surface area contributed by atoms with E-state index < -0.39 is 5.91 Å². The van der Waals surface area contributed by atoms with E-state index in [1.165, 1.54) is 0 Å². The number of aromatic nitrogens is 2. The van der Waals surface area contributed by atoms with Crippen LogP contribution in [0.2, 0.25) is 0 Å². The van der Waals surface area contributed by atoms with Crippen molar-refractivity contribution in [1.29, 1.82) is 0 Å². The molecule has 0 bridgehead atoms. The lowest BCUT2D eigenvalue weighted by Gasteiger charge is -2.11. The number of rotatable bonds is 5. The molecule has 0 aliphatic carbocycles. The molecule has 3 rings (SSSR count). The summed E-state index contributed by atoms with van der Waals surface area (Å²) in [6.45, 7) is 1.93. The fourth-order valence-electron chi connectivity index (χ4n) is 2.66. The molecule has 0 spiro atoms. The summed E-state index contributed by atoms with van der Waals surface area (Å²) in [6.07, 6.45) is 0. The first kappa shape index (κ1) is 16.6. The number of benzene rings is 2. The lowest BCUT2D eigenvalue weighted by Crippen LogP contribution is -2.10. The average molecular weight is 337 g/mol. The van der Waals surface area contributed by atoms with Crippen molar-refractivity contribution >= 4 is 5.91 Å². The summed E-state index contributed by atoms with van der Waals surface area (Å²) in [6, 6.07) is 14.7. The molecule has 0 aliphatic rings. The zero-order valence-electron chi connectivity index (χ0n) is 14.3. The largest absolute Gasteiger partial charge is 0.493 e. The fourth-order valence-corrected chi connectivity index (χ4v) is 2.66. The predicted molar refractivity (Wildman–Crippen MR) is 95.4 cm³/mol. The molecule has 6 heteroatoms. The van der Waals surface area contributed by atoms with Crippen LogP contribution in [0.3, 0.4) is 0 Å². The van der Waals surface area contributed by atoms with Crippen molar-refractivity contribution in [2.24, 2.45) is 5.73 Å². The van der Waals surface area contributed by atoms with Crippen molar-refractivity contribution in [3.05, 3.63) is 59.8 Å². The Balaban J connectivity index is 2.08. The molecule has 2 N–H and O–H groups in total. The zero-order valence-corrected chi connectivity index (χ0v) is 14.3. The highest BCUT2D eigenvalue weighted by molar-refractivity contribution is 5.92. The molecular formula is C19H19N3O3. The number of hydrogen-bond donors (Lipinski definition) is 1. The van der Waals surface area contributed by atoms with Crippen LogP contribution < -0.4 is 15.2 Å². The number of aryl methyl sites for hydroxylation is 1. The topological polar surface area (TPSA) is 79.4 Å². The van der Waals surface area contributed by atoms with Gasteiger partial charge in [-0.15, -0.1) is 0 Å². The number of methoxy groups -OCH3 is 2. The Kier molecular flexibility index (Phi) is 4.43. The molecule has 0 aliphatic heterocycles. The summed E-state index contributed by atoms with van der Waals surface area (Å²) in [4.78, 5) is 11.2. The molecule has 2 aromatic carbocycles. The molecule has 0 radical (unpaired) electrons. The lowest BCUT2D eigenvalue weighted by molar-refractivity contribution is 0.100. The third kappa shape index (κ3) is 3.19. The van der Waals surface area contributed by atoms with E-state index in [-0.39, 0.29) is 0 Å². The van der Waals surface area contributed by atoms with Crippen molar-refractivity contribution in [2.45, 2.75) is 6.92 Å². The van der Waals surface area contributed by atoms with Gasteiger partial charge in [-0.3, -0.25) is 4.79 Å². The van der Waals surface area contributed by atoms with Crippen LogP contribution in [0.4, 0.5) is 0 Å². The standard InChI is InChI=1S/C19H19N3O3/c1-12-10-16(14-6-9-17(24-2)18(11-14)25-3)22(21-12)15-7-4-13(5-8-15)19(20)23/h4-11H,1-3H3,(H2,20,23). The lowest BCUT2D eigenvalue weighted by atomic mass is 10.1.